The summed E-state index contributed by atoms with van der Waals surface area (Å²) in [6.45, 7) is -2.33. The van der Waals surface area contributed by atoms with E-state index in [1.54, 1.807) is 4.72 Å². The summed E-state index contributed by atoms with van der Waals surface area (Å²) >= 11 is 0. The van der Waals surface area contributed by atoms with E-state index in [-0.39, 0.29) is 12.4 Å². The molecule has 0 aromatic carbocycles. The van der Waals surface area contributed by atoms with Crippen molar-refractivity contribution < 1.29 is 30.4 Å². The molecule has 0 radical (unpaired) electrons. The number of nitrogens with zero attached hydrogens (tertiary/aromatic N) is 1. The second kappa shape index (κ2) is 6.81. The Kier molecular flexibility index (Phi) is 6.48. The normalized spacial score (nSPS) is 12.9. The fourth-order valence-corrected chi connectivity index (χ4v) is 2.07. The van der Waals surface area contributed by atoms with E-state index in [1.807, 2.05) is 0 Å². The van der Waals surface area contributed by atoms with Crippen LogP contribution in [0.25, 0.3) is 0 Å². The minimum atomic E-state index is -4.72. The molecule has 0 saturated carbocycles. The van der Waals surface area contributed by atoms with Crippen molar-refractivity contribution in [2.75, 3.05) is 13.1 Å². The van der Waals surface area contributed by atoms with Crippen LogP contribution in [0.3, 0.4) is 0 Å². The van der Waals surface area contributed by atoms with E-state index < -0.39 is 45.8 Å². The molecule has 1 heterocycles. The maximum Gasteiger partial charge on any atom is 0.433 e. The first-order valence-electron chi connectivity index (χ1n) is 5.09. The summed E-state index contributed by atoms with van der Waals surface area (Å²) in [5, 5.41) is 0. The van der Waals surface area contributed by atoms with Crippen molar-refractivity contribution in [3.8, 4) is 0 Å². The third-order valence-electron chi connectivity index (χ3n) is 2.16. The molecule has 0 atom stereocenters. The third kappa shape index (κ3) is 5.69. The van der Waals surface area contributed by atoms with Crippen LogP contribution in [0, 0.1) is 0 Å². The molecular formula is C9H11ClF5N3O2S. The maximum atomic E-state index is 12.8. The molecule has 1 aromatic heterocycles. The molecule has 5 nitrogen and oxygen atoms in total. The predicted molar refractivity (Wildman–Crippen MR) is 65.7 cm³/mol. The van der Waals surface area contributed by atoms with Gasteiger partial charge in [0.15, 0.2) is 0 Å². The highest BCUT2D eigenvalue weighted by molar-refractivity contribution is 7.89. The highest BCUT2D eigenvalue weighted by Gasteiger charge is 2.33. The van der Waals surface area contributed by atoms with Crippen molar-refractivity contribution in [3.63, 3.8) is 0 Å². The number of hydrogen-bond donors (Lipinski definition) is 2. The van der Waals surface area contributed by atoms with Crippen LogP contribution in [-0.4, -0.2) is 32.4 Å². The van der Waals surface area contributed by atoms with Crippen molar-refractivity contribution in [2.45, 2.75) is 17.0 Å². The van der Waals surface area contributed by atoms with Gasteiger partial charge in [-0.25, -0.2) is 21.9 Å². The maximum absolute atomic E-state index is 12.8. The Balaban J connectivity index is 0.00000400. The Bertz CT molecular complexity index is 562. The molecule has 0 saturated heterocycles. The number of rotatable bonds is 5. The molecule has 12 heteroatoms. The molecule has 1 aromatic rings. The number of halogens is 6. The minimum Gasteiger partial charge on any atom is -0.325 e. The largest absolute Gasteiger partial charge is 0.433 e. The fraction of sp³-hybridized carbons (Fsp3) is 0.444. The van der Waals surface area contributed by atoms with E-state index in [9.17, 15) is 30.4 Å². The third-order valence-corrected chi connectivity index (χ3v) is 3.54. The van der Waals surface area contributed by atoms with Crippen molar-refractivity contribution in [1.82, 2.24) is 9.71 Å². The molecule has 0 unspecified atom stereocenters. The quantitative estimate of drug-likeness (QED) is 0.782. The van der Waals surface area contributed by atoms with Gasteiger partial charge in [-0.2, -0.15) is 13.2 Å². The Hall–Kier alpha value is -1.04. The van der Waals surface area contributed by atoms with Gasteiger partial charge in [-0.15, -0.1) is 12.4 Å². The first-order chi connectivity index (χ1) is 8.98. The van der Waals surface area contributed by atoms with Gasteiger partial charge < -0.3 is 5.73 Å². The number of nitrogens with two attached hydrogens (primary N) is 1. The Labute approximate surface area is 123 Å². The van der Waals surface area contributed by atoms with Crippen LogP contribution in [0.4, 0.5) is 22.0 Å². The van der Waals surface area contributed by atoms with Crippen LogP contribution in [0.1, 0.15) is 5.69 Å². The van der Waals surface area contributed by atoms with E-state index in [0.29, 0.717) is 18.3 Å². The summed E-state index contributed by atoms with van der Waals surface area (Å²) in [4.78, 5) is 2.27. The molecule has 0 bridgehead atoms. The zero-order valence-electron chi connectivity index (χ0n) is 10.2. The fourth-order valence-electron chi connectivity index (χ4n) is 1.06. The standard InChI is InChI=1S/C9H10F5N3O2S.ClH/c10-8(11,4-15)5-17-20(18,19)6-1-2-7(16-3-6)9(12,13)14;/h1-3,17H,4-5,15H2;1H. The van der Waals surface area contributed by atoms with Crippen molar-refractivity contribution in [1.29, 1.82) is 0 Å². The molecule has 0 amide bonds. The van der Waals surface area contributed by atoms with Gasteiger partial charge in [-0.3, -0.25) is 4.98 Å². The molecular weight excluding hydrogens is 345 g/mol. The molecule has 3 N–H and O–H groups in total. The zero-order valence-corrected chi connectivity index (χ0v) is 11.8. The minimum absolute atomic E-state index is 0. The van der Waals surface area contributed by atoms with Crippen LogP contribution in [0.5, 0.6) is 0 Å². The molecule has 0 spiro atoms. The van der Waals surface area contributed by atoms with E-state index in [4.69, 9.17) is 5.73 Å². The Morgan fingerprint density at radius 3 is 2.14 bits per heavy atom. The number of nitrogens with one attached hydrogen (secondary N) is 1. The number of alkyl halides is 5. The van der Waals surface area contributed by atoms with Gasteiger partial charge in [0.05, 0.1) is 13.1 Å². The van der Waals surface area contributed by atoms with Crippen molar-refractivity contribution in [2.24, 2.45) is 5.73 Å². The van der Waals surface area contributed by atoms with Crippen molar-refractivity contribution in [3.05, 3.63) is 24.0 Å². The van der Waals surface area contributed by atoms with E-state index >= 15 is 0 Å². The highest BCUT2D eigenvalue weighted by atomic mass is 35.5. The summed E-state index contributed by atoms with van der Waals surface area (Å²) in [6, 6.07) is 1.06. The number of pyridine rings is 1. The molecule has 122 valence electrons. The SMILES string of the molecule is Cl.NCC(F)(F)CNS(=O)(=O)c1ccc(C(F)(F)F)nc1. The van der Waals surface area contributed by atoms with Gasteiger partial charge in [0.2, 0.25) is 10.0 Å². The lowest BCUT2D eigenvalue weighted by molar-refractivity contribution is -0.141. The van der Waals surface area contributed by atoms with Gasteiger partial charge in [0, 0.05) is 6.20 Å². The lowest BCUT2D eigenvalue weighted by atomic mass is 10.3. The Morgan fingerprint density at radius 2 is 1.76 bits per heavy atom. The van der Waals surface area contributed by atoms with Gasteiger partial charge >= 0.3 is 6.18 Å². The number of sulfonamides is 1. The molecule has 0 aliphatic rings. The summed E-state index contributed by atoms with van der Waals surface area (Å²) in [6.07, 6.45) is -4.28. The molecule has 0 aliphatic heterocycles. The van der Waals surface area contributed by atoms with Crippen LogP contribution in [0.15, 0.2) is 23.2 Å². The highest BCUT2D eigenvalue weighted by Crippen LogP contribution is 2.27. The average Bonchev–Trinajstić information content (AvgIpc) is 2.36. The van der Waals surface area contributed by atoms with Gasteiger partial charge in [-0.1, -0.05) is 0 Å². The summed E-state index contributed by atoms with van der Waals surface area (Å²) in [5.41, 5.74) is 3.43. The topological polar surface area (TPSA) is 85.1 Å². The Morgan fingerprint density at radius 1 is 1.19 bits per heavy atom. The zero-order chi connectivity index (χ0) is 15.6. The molecule has 0 aliphatic carbocycles. The lowest BCUT2D eigenvalue weighted by Crippen LogP contribution is -2.41. The summed E-state index contributed by atoms with van der Waals surface area (Å²) in [7, 11) is -4.38. The molecule has 0 fully saturated rings. The first-order valence-corrected chi connectivity index (χ1v) is 6.57. The van der Waals surface area contributed by atoms with Gasteiger partial charge in [-0.05, 0) is 12.1 Å². The predicted octanol–water partition coefficient (Wildman–Crippen LogP) is 1.39. The second-order valence-corrected chi connectivity index (χ2v) is 5.53. The smallest absolute Gasteiger partial charge is 0.325 e. The lowest BCUT2D eigenvalue weighted by Gasteiger charge is -2.14. The van der Waals surface area contributed by atoms with E-state index in [2.05, 4.69) is 4.98 Å². The van der Waals surface area contributed by atoms with Gasteiger partial charge in [0.25, 0.3) is 5.92 Å². The van der Waals surface area contributed by atoms with Gasteiger partial charge in [0.1, 0.15) is 10.6 Å². The monoisotopic (exact) mass is 355 g/mol. The molecule has 1 rings (SSSR count). The average molecular weight is 356 g/mol. The van der Waals surface area contributed by atoms with Crippen molar-refractivity contribution >= 4 is 22.4 Å². The number of hydrogen-bond acceptors (Lipinski definition) is 4. The second-order valence-electron chi connectivity index (χ2n) is 3.76. The summed E-state index contributed by atoms with van der Waals surface area (Å²) < 4.78 is 86.9. The summed E-state index contributed by atoms with van der Waals surface area (Å²) in [5.74, 6) is -3.45. The van der Waals surface area contributed by atoms with E-state index in [1.165, 1.54) is 0 Å². The first kappa shape index (κ1) is 20.0. The van der Waals surface area contributed by atoms with Crippen LogP contribution < -0.4 is 10.5 Å². The number of aromatic nitrogens is 1. The molecule has 21 heavy (non-hydrogen) atoms. The van der Waals surface area contributed by atoms with Crippen LogP contribution in [0.2, 0.25) is 0 Å². The van der Waals surface area contributed by atoms with Crippen LogP contribution >= 0.6 is 12.4 Å². The van der Waals surface area contributed by atoms with E-state index in [0.717, 1.165) is 0 Å². The van der Waals surface area contributed by atoms with Crippen LogP contribution in [-0.2, 0) is 16.2 Å².